The van der Waals surface area contributed by atoms with Gasteiger partial charge in [-0.25, -0.2) is 9.97 Å². The molecule has 4 aromatic rings. The van der Waals surface area contributed by atoms with E-state index in [0.29, 0.717) is 29.8 Å². The number of benzene rings is 1. The molecule has 0 saturated carbocycles. The van der Waals surface area contributed by atoms with Crippen molar-refractivity contribution in [3.05, 3.63) is 87.7 Å². The third kappa shape index (κ3) is 5.68. The van der Waals surface area contributed by atoms with Crippen molar-refractivity contribution in [3.8, 4) is 5.95 Å². The minimum Gasteiger partial charge on any atom is -0.358 e. The van der Waals surface area contributed by atoms with Crippen LogP contribution in [0.1, 0.15) is 16.1 Å². The Morgan fingerprint density at radius 3 is 2.77 bits per heavy atom. The van der Waals surface area contributed by atoms with Crippen LogP contribution in [0.2, 0.25) is 5.02 Å². The van der Waals surface area contributed by atoms with Crippen molar-refractivity contribution in [1.82, 2.24) is 24.8 Å². The maximum absolute atomic E-state index is 13.1. The van der Waals surface area contributed by atoms with E-state index in [1.807, 2.05) is 54.8 Å². The van der Waals surface area contributed by atoms with E-state index >= 15 is 0 Å². The van der Waals surface area contributed by atoms with Crippen molar-refractivity contribution >= 4 is 34.7 Å². The Kier molecular flexibility index (Phi) is 6.59. The van der Waals surface area contributed by atoms with Gasteiger partial charge in [0.2, 0.25) is 11.9 Å². The largest absolute Gasteiger partial charge is 0.358 e. The maximum Gasteiger partial charge on any atom is 0.243 e. The van der Waals surface area contributed by atoms with Crippen molar-refractivity contribution in [3.63, 3.8) is 0 Å². The molecule has 158 valence electrons. The van der Waals surface area contributed by atoms with Gasteiger partial charge in [0, 0.05) is 47.0 Å². The summed E-state index contributed by atoms with van der Waals surface area (Å²) in [6, 6.07) is 12.8. The van der Waals surface area contributed by atoms with Crippen molar-refractivity contribution in [1.29, 1.82) is 0 Å². The lowest BCUT2D eigenvalue weighted by Crippen LogP contribution is -2.41. The molecule has 31 heavy (non-hydrogen) atoms. The molecule has 0 aliphatic heterocycles. The fourth-order valence-electron chi connectivity index (χ4n) is 3.05. The Hall–Kier alpha value is -3.23. The van der Waals surface area contributed by atoms with Crippen molar-refractivity contribution in [2.24, 2.45) is 0 Å². The van der Waals surface area contributed by atoms with Gasteiger partial charge < -0.3 is 10.6 Å². The number of nitrogens with one attached hydrogen (secondary N) is 2. The molecule has 9 heteroatoms. The summed E-state index contributed by atoms with van der Waals surface area (Å²) in [6.45, 7) is 2.31. The van der Waals surface area contributed by atoms with Crippen LogP contribution in [0.3, 0.4) is 0 Å². The molecule has 0 aliphatic rings. The molecule has 7 nitrogen and oxygen atoms in total. The number of rotatable bonds is 8. The number of aryl methyl sites for hydroxylation is 1. The van der Waals surface area contributed by atoms with Gasteiger partial charge in [-0.2, -0.15) is 4.98 Å². The van der Waals surface area contributed by atoms with Crippen LogP contribution in [0.4, 0.5) is 5.82 Å². The molecule has 1 unspecified atom stereocenters. The summed E-state index contributed by atoms with van der Waals surface area (Å²) in [5, 5.41) is 8.97. The first kappa shape index (κ1) is 21.0. The zero-order chi connectivity index (χ0) is 21.6. The van der Waals surface area contributed by atoms with Gasteiger partial charge in [-0.3, -0.25) is 9.36 Å². The van der Waals surface area contributed by atoms with E-state index in [9.17, 15) is 4.79 Å². The smallest absolute Gasteiger partial charge is 0.243 e. The van der Waals surface area contributed by atoms with Crippen LogP contribution in [0.15, 0.2) is 66.6 Å². The Morgan fingerprint density at radius 2 is 2.06 bits per heavy atom. The zero-order valence-electron chi connectivity index (χ0n) is 16.8. The van der Waals surface area contributed by atoms with E-state index in [0.717, 1.165) is 16.1 Å². The second kappa shape index (κ2) is 9.72. The van der Waals surface area contributed by atoms with E-state index < -0.39 is 6.04 Å². The van der Waals surface area contributed by atoms with Gasteiger partial charge >= 0.3 is 0 Å². The Morgan fingerprint density at radius 1 is 1.23 bits per heavy atom. The van der Waals surface area contributed by atoms with Gasteiger partial charge in [0.25, 0.3) is 0 Å². The van der Waals surface area contributed by atoms with Gasteiger partial charge in [-0.05, 0) is 36.1 Å². The maximum atomic E-state index is 13.1. The van der Waals surface area contributed by atoms with E-state index in [1.54, 1.807) is 34.6 Å². The number of thiophene rings is 1. The predicted molar refractivity (Wildman–Crippen MR) is 123 cm³/mol. The third-order valence-corrected chi connectivity index (χ3v) is 5.73. The average Bonchev–Trinajstić information content (AvgIpc) is 3.47. The highest BCUT2D eigenvalue weighted by molar-refractivity contribution is 7.09. The second-order valence-electron chi connectivity index (χ2n) is 6.99. The number of hydrogen-bond donors (Lipinski definition) is 2. The highest BCUT2D eigenvalue weighted by Crippen LogP contribution is 2.16. The van der Waals surface area contributed by atoms with Crippen LogP contribution in [-0.2, 0) is 17.8 Å². The van der Waals surface area contributed by atoms with Crippen molar-refractivity contribution in [2.75, 3.05) is 5.32 Å². The molecule has 1 amide bonds. The lowest BCUT2D eigenvalue weighted by Gasteiger charge is -2.19. The second-order valence-corrected chi connectivity index (χ2v) is 8.46. The Balaban J connectivity index is 1.52. The first-order chi connectivity index (χ1) is 15.1. The summed E-state index contributed by atoms with van der Waals surface area (Å²) < 4.78 is 1.73. The summed E-state index contributed by atoms with van der Waals surface area (Å²) in [5.74, 6) is 0.972. The topological polar surface area (TPSA) is 84.7 Å². The third-order valence-electron chi connectivity index (χ3n) is 4.58. The highest BCUT2D eigenvalue weighted by Gasteiger charge is 2.20. The number of carbonyl (C=O) groups is 1. The molecule has 0 bridgehead atoms. The van der Waals surface area contributed by atoms with Gasteiger partial charge in [0.1, 0.15) is 18.2 Å². The normalized spacial score (nSPS) is 11.8. The number of anilines is 1. The van der Waals surface area contributed by atoms with Crippen LogP contribution < -0.4 is 10.6 Å². The van der Waals surface area contributed by atoms with Crippen LogP contribution in [0, 0.1) is 6.92 Å². The van der Waals surface area contributed by atoms with E-state index in [4.69, 9.17) is 11.6 Å². The summed E-state index contributed by atoms with van der Waals surface area (Å²) >= 11 is 7.56. The summed E-state index contributed by atoms with van der Waals surface area (Å²) in [7, 11) is 0. The highest BCUT2D eigenvalue weighted by atomic mass is 35.5. The molecule has 0 aliphatic carbocycles. The SMILES string of the molecule is Cc1cc(NC(Cc2cccs2)C(=O)NCc2ccc(Cl)cc2)nc(-n2ccnc2)n1. The molecule has 3 aromatic heterocycles. The summed E-state index contributed by atoms with van der Waals surface area (Å²) in [4.78, 5) is 27.2. The molecule has 3 heterocycles. The summed E-state index contributed by atoms with van der Waals surface area (Å²) in [6.07, 6.45) is 5.64. The molecule has 0 radical (unpaired) electrons. The van der Waals surface area contributed by atoms with Gasteiger partial charge in [-0.15, -0.1) is 11.3 Å². The minimum absolute atomic E-state index is 0.108. The number of hydrogen-bond acceptors (Lipinski definition) is 6. The fourth-order valence-corrected chi connectivity index (χ4v) is 3.93. The molecule has 1 atom stereocenters. The number of aromatic nitrogens is 4. The fraction of sp³-hybridized carbons (Fsp3) is 0.182. The van der Waals surface area contributed by atoms with Gasteiger partial charge in [0.05, 0.1) is 0 Å². The number of carbonyl (C=O) groups excluding carboxylic acids is 1. The minimum atomic E-state index is -0.490. The van der Waals surface area contributed by atoms with Crippen LogP contribution >= 0.6 is 22.9 Å². The van der Waals surface area contributed by atoms with Crippen molar-refractivity contribution in [2.45, 2.75) is 25.9 Å². The Bertz CT molecular complexity index is 1130. The predicted octanol–water partition coefficient (Wildman–Crippen LogP) is 4.03. The van der Waals surface area contributed by atoms with Crippen LogP contribution in [-0.4, -0.2) is 31.5 Å². The lowest BCUT2D eigenvalue weighted by molar-refractivity contribution is -0.122. The molecule has 0 fully saturated rings. The van der Waals surface area contributed by atoms with Gasteiger partial charge in [-0.1, -0.05) is 29.8 Å². The van der Waals surface area contributed by atoms with E-state index in [1.165, 1.54) is 0 Å². The standard InChI is InChI=1S/C22H21ClN6OS/c1-15-11-20(28-22(26-15)29-9-8-24-14-29)27-19(12-18-3-2-10-31-18)21(30)25-13-16-4-6-17(23)7-5-16/h2-11,14,19H,12-13H2,1H3,(H,25,30)(H,26,27,28). The molecular weight excluding hydrogens is 432 g/mol. The molecule has 2 N–H and O–H groups in total. The number of halogens is 1. The first-order valence-electron chi connectivity index (χ1n) is 9.72. The Labute approximate surface area is 189 Å². The lowest BCUT2D eigenvalue weighted by atomic mass is 10.1. The quantitative estimate of drug-likeness (QED) is 0.421. The molecule has 0 spiro atoms. The first-order valence-corrected chi connectivity index (χ1v) is 11.0. The monoisotopic (exact) mass is 452 g/mol. The number of amides is 1. The zero-order valence-corrected chi connectivity index (χ0v) is 18.4. The molecular formula is C22H21ClN6OS. The number of nitrogens with zero attached hydrogens (tertiary/aromatic N) is 4. The van der Waals surface area contributed by atoms with Crippen LogP contribution in [0.25, 0.3) is 5.95 Å². The molecule has 1 aromatic carbocycles. The average molecular weight is 453 g/mol. The molecule has 0 saturated heterocycles. The number of imidazole rings is 1. The summed E-state index contributed by atoms with van der Waals surface area (Å²) in [5.41, 5.74) is 1.77. The van der Waals surface area contributed by atoms with E-state index in [2.05, 4.69) is 25.6 Å². The van der Waals surface area contributed by atoms with Crippen molar-refractivity contribution < 1.29 is 4.79 Å². The van der Waals surface area contributed by atoms with Gasteiger partial charge in [0.15, 0.2) is 0 Å². The van der Waals surface area contributed by atoms with E-state index in [-0.39, 0.29) is 5.91 Å². The van der Waals surface area contributed by atoms with Crippen LogP contribution in [0.5, 0.6) is 0 Å². The molecule has 4 rings (SSSR count).